The lowest BCUT2D eigenvalue weighted by Crippen LogP contribution is -2.24. The fourth-order valence-corrected chi connectivity index (χ4v) is 2.52. The Labute approximate surface area is 122 Å². The average Bonchev–Trinajstić information content (AvgIpc) is 2.93. The minimum atomic E-state index is 0.212. The molecule has 1 unspecified atom stereocenters. The molecular formula is C17H25N3. The summed E-state index contributed by atoms with van der Waals surface area (Å²) in [5.74, 6) is 0.572. The second-order valence-corrected chi connectivity index (χ2v) is 5.38. The standard InChI is InChI=1S/C17H25N3/c1-5-18-17(16-11-12-19-20(16)6-2)15-9-7-14(8-10-15)13(3)4/h7-13,17-18H,5-6H2,1-4H3. The highest BCUT2D eigenvalue weighted by Gasteiger charge is 2.17. The highest BCUT2D eigenvalue weighted by molar-refractivity contribution is 5.31. The van der Waals surface area contributed by atoms with Crippen molar-refractivity contribution in [2.24, 2.45) is 0 Å². The van der Waals surface area contributed by atoms with Crippen LogP contribution < -0.4 is 5.32 Å². The number of aromatic nitrogens is 2. The van der Waals surface area contributed by atoms with E-state index in [1.165, 1.54) is 16.8 Å². The Balaban J connectivity index is 2.33. The molecule has 108 valence electrons. The Morgan fingerprint density at radius 1 is 1.05 bits per heavy atom. The van der Waals surface area contributed by atoms with Gasteiger partial charge in [0.2, 0.25) is 0 Å². The van der Waals surface area contributed by atoms with Gasteiger partial charge in [-0.15, -0.1) is 0 Å². The van der Waals surface area contributed by atoms with Gasteiger partial charge in [-0.3, -0.25) is 4.68 Å². The molecule has 0 radical (unpaired) electrons. The van der Waals surface area contributed by atoms with Crippen LogP contribution in [0.4, 0.5) is 0 Å². The summed E-state index contributed by atoms with van der Waals surface area (Å²) in [6.07, 6.45) is 1.88. The monoisotopic (exact) mass is 271 g/mol. The lowest BCUT2D eigenvalue weighted by molar-refractivity contribution is 0.542. The fraction of sp³-hybridized carbons (Fsp3) is 0.471. The molecule has 1 aromatic carbocycles. The summed E-state index contributed by atoms with van der Waals surface area (Å²) in [5, 5.41) is 7.95. The smallest absolute Gasteiger partial charge is 0.0748 e. The van der Waals surface area contributed by atoms with Crippen LogP contribution in [0.2, 0.25) is 0 Å². The predicted octanol–water partition coefficient (Wildman–Crippen LogP) is 3.73. The Hall–Kier alpha value is -1.61. The molecule has 2 rings (SSSR count). The second kappa shape index (κ2) is 6.71. The summed E-state index contributed by atoms with van der Waals surface area (Å²) in [4.78, 5) is 0. The van der Waals surface area contributed by atoms with E-state index in [9.17, 15) is 0 Å². The molecule has 0 aliphatic heterocycles. The van der Waals surface area contributed by atoms with Gasteiger partial charge in [-0.25, -0.2) is 0 Å². The first kappa shape index (κ1) is 14.8. The third kappa shape index (κ3) is 3.10. The van der Waals surface area contributed by atoms with E-state index in [2.05, 4.69) is 73.1 Å². The van der Waals surface area contributed by atoms with Crippen LogP contribution in [0.1, 0.15) is 56.5 Å². The SMILES string of the molecule is CCNC(c1ccc(C(C)C)cc1)c1ccnn1CC. The van der Waals surface area contributed by atoms with Crippen LogP contribution in [0.25, 0.3) is 0 Å². The summed E-state index contributed by atoms with van der Waals surface area (Å²) in [6, 6.07) is 11.2. The Morgan fingerprint density at radius 2 is 1.70 bits per heavy atom. The van der Waals surface area contributed by atoms with Gasteiger partial charge in [-0.05, 0) is 36.6 Å². The van der Waals surface area contributed by atoms with Gasteiger partial charge in [0.15, 0.2) is 0 Å². The van der Waals surface area contributed by atoms with Gasteiger partial charge in [0.25, 0.3) is 0 Å². The Bertz CT molecular complexity index is 525. The fourth-order valence-electron chi connectivity index (χ4n) is 2.52. The molecule has 2 aromatic rings. The van der Waals surface area contributed by atoms with Gasteiger partial charge < -0.3 is 5.32 Å². The molecule has 1 heterocycles. The summed E-state index contributed by atoms with van der Waals surface area (Å²) in [7, 11) is 0. The van der Waals surface area contributed by atoms with E-state index in [1.54, 1.807) is 0 Å². The number of nitrogens with one attached hydrogen (secondary N) is 1. The lowest BCUT2D eigenvalue weighted by atomic mass is 9.97. The van der Waals surface area contributed by atoms with Crippen LogP contribution in [-0.2, 0) is 6.54 Å². The maximum atomic E-state index is 4.39. The van der Waals surface area contributed by atoms with Crippen LogP contribution >= 0.6 is 0 Å². The largest absolute Gasteiger partial charge is 0.305 e. The molecule has 1 aromatic heterocycles. The van der Waals surface area contributed by atoms with Gasteiger partial charge in [0, 0.05) is 12.7 Å². The van der Waals surface area contributed by atoms with Gasteiger partial charge in [0.05, 0.1) is 11.7 Å². The topological polar surface area (TPSA) is 29.9 Å². The van der Waals surface area contributed by atoms with E-state index < -0.39 is 0 Å². The lowest BCUT2D eigenvalue weighted by Gasteiger charge is -2.20. The quantitative estimate of drug-likeness (QED) is 0.867. The molecule has 0 aliphatic rings. The molecule has 0 amide bonds. The molecule has 3 nitrogen and oxygen atoms in total. The molecule has 0 aliphatic carbocycles. The first-order chi connectivity index (χ1) is 9.67. The normalized spacial score (nSPS) is 12.8. The molecule has 20 heavy (non-hydrogen) atoms. The van der Waals surface area contributed by atoms with E-state index in [1.807, 2.05) is 6.20 Å². The van der Waals surface area contributed by atoms with E-state index >= 15 is 0 Å². The van der Waals surface area contributed by atoms with Crippen LogP contribution in [0.3, 0.4) is 0 Å². The van der Waals surface area contributed by atoms with Crippen molar-refractivity contribution < 1.29 is 0 Å². The van der Waals surface area contributed by atoms with Crippen molar-refractivity contribution in [1.82, 2.24) is 15.1 Å². The zero-order valence-electron chi connectivity index (χ0n) is 12.9. The minimum absolute atomic E-state index is 0.212. The summed E-state index contributed by atoms with van der Waals surface area (Å²) >= 11 is 0. The number of hydrogen-bond donors (Lipinski definition) is 1. The predicted molar refractivity (Wildman–Crippen MR) is 84.0 cm³/mol. The first-order valence-electron chi connectivity index (χ1n) is 7.52. The van der Waals surface area contributed by atoms with Crippen LogP contribution in [-0.4, -0.2) is 16.3 Å². The summed E-state index contributed by atoms with van der Waals surface area (Å²) in [5.41, 5.74) is 3.91. The third-order valence-corrected chi connectivity index (χ3v) is 3.69. The molecule has 0 fully saturated rings. The van der Waals surface area contributed by atoms with Crippen LogP contribution in [0, 0.1) is 0 Å². The summed E-state index contributed by atoms with van der Waals surface area (Å²) < 4.78 is 2.06. The highest BCUT2D eigenvalue weighted by Crippen LogP contribution is 2.24. The number of hydrogen-bond acceptors (Lipinski definition) is 2. The van der Waals surface area contributed by atoms with Crippen molar-refractivity contribution in [2.45, 2.75) is 46.2 Å². The van der Waals surface area contributed by atoms with Crippen molar-refractivity contribution in [3.05, 3.63) is 53.3 Å². The maximum Gasteiger partial charge on any atom is 0.0748 e. The molecule has 0 saturated heterocycles. The van der Waals surface area contributed by atoms with Gasteiger partial charge >= 0.3 is 0 Å². The molecule has 3 heteroatoms. The third-order valence-electron chi connectivity index (χ3n) is 3.69. The first-order valence-corrected chi connectivity index (χ1v) is 7.52. The zero-order valence-corrected chi connectivity index (χ0v) is 12.9. The Morgan fingerprint density at radius 3 is 2.25 bits per heavy atom. The van der Waals surface area contributed by atoms with Crippen LogP contribution in [0.5, 0.6) is 0 Å². The second-order valence-electron chi connectivity index (χ2n) is 5.38. The Kier molecular flexibility index (Phi) is 4.96. The van der Waals surface area contributed by atoms with Crippen molar-refractivity contribution in [3.63, 3.8) is 0 Å². The molecule has 1 atom stereocenters. The van der Waals surface area contributed by atoms with E-state index in [4.69, 9.17) is 0 Å². The average molecular weight is 271 g/mol. The molecule has 1 N–H and O–H groups in total. The molecule has 0 saturated carbocycles. The molecule has 0 bridgehead atoms. The van der Waals surface area contributed by atoms with Gasteiger partial charge in [-0.1, -0.05) is 45.0 Å². The molecular weight excluding hydrogens is 246 g/mol. The van der Waals surface area contributed by atoms with E-state index in [0.29, 0.717) is 5.92 Å². The van der Waals surface area contributed by atoms with E-state index in [-0.39, 0.29) is 6.04 Å². The van der Waals surface area contributed by atoms with Crippen molar-refractivity contribution in [3.8, 4) is 0 Å². The number of aryl methyl sites for hydroxylation is 1. The van der Waals surface area contributed by atoms with Gasteiger partial charge in [-0.2, -0.15) is 5.10 Å². The van der Waals surface area contributed by atoms with Crippen LogP contribution in [0.15, 0.2) is 36.5 Å². The number of nitrogens with zero attached hydrogens (tertiary/aromatic N) is 2. The minimum Gasteiger partial charge on any atom is -0.305 e. The molecule has 0 spiro atoms. The zero-order chi connectivity index (χ0) is 14.5. The van der Waals surface area contributed by atoms with Gasteiger partial charge in [0.1, 0.15) is 0 Å². The van der Waals surface area contributed by atoms with Crippen molar-refractivity contribution >= 4 is 0 Å². The van der Waals surface area contributed by atoms with Crippen molar-refractivity contribution in [1.29, 1.82) is 0 Å². The number of rotatable bonds is 6. The highest BCUT2D eigenvalue weighted by atomic mass is 15.3. The van der Waals surface area contributed by atoms with Crippen molar-refractivity contribution in [2.75, 3.05) is 6.54 Å². The number of benzene rings is 1. The summed E-state index contributed by atoms with van der Waals surface area (Å²) in [6.45, 7) is 10.6. The van der Waals surface area contributed by atoms with E-state index in [0.717, 1.165) is 13.1 Å². The maximum absolute atomic E-state index is 4.39.